The zero-order valence-electron chi connectivity index (χ0n) is 37.4. The first-order valence-electron chi connectivity index (χ1n) is 24.3. The van der Waals surface area contributed by atoms with E-state index < -0.39 is 0 Å². The van der Waals surface area contributed by atoms with Gasteiger partial charge in [0.05, 0.1) is 31.7 Å². The van der Waals surface area contributed by atoms with Gasteiger partial charge >= 0.3 is 11.9 Å². The van der Waals surface area contributed by atoms with Gasteiger partial charge in [0.1, 0.15) is 0 Å². The third-order valence-electron chi connectivity index (χ3n) is 11.3. The zero-order chi connectivity index (χ0) is 40.3. The molecule has 0 aromatic heterocycles. The largest absolute Gasteiger partial charge is 0.465 e. The molecule has 328 valence electrons. The number of aliphatic hydroxyl groups is 1. The molecule has 2 unspecified atom stereocenters. The minimum atomic E-state index is 0.0558. The number of unbranched alkanes of at least 4 members (excludes halogenated alkanes) is 22. The molecule has 0 bridgehead atoms. The van der Waals surface area contributed by atoms with Crippen molar-refractivity contribution in [1.29, 1.82) is 0 Å². The van der Waals surface area contributed by atoms with Crippen LogP contribution in [-0.2, 0) is 19.1 Å². The second kappa shape index (κ2) is 44.3. The van der Waals surface area contributed by atoms with E-state index in [4.69, 9.17) is 9.47 Å². The fourth-order valence-corrected chi connectivity index (χ4v) is 8.32. The highest BCUT2D eigenvalue weighted by molar-refractivity contribution is 7.99. The fourth-order valence-electron chi connectivity index (χ4n) is 7.60. The van der Waals surface area contributed by atoms with E-state index in [2.05, 4.69) is 32.6 Å². The summed E-state index contributed by atoms with van der Waals surface area (Å²) in [6, 6.07) is 0. The molecule has 0 fully saturated rings. The van der Waals surface area contributed by atoms with Gasteiger partial charge in [-0.1, -0.05) is 182 Å². The Kier molecular flexibility index (Phi) is 43.7. The SMILES string of the molecule is CCCCCCCCC(CCCCCC)C(=O)OCCCCCCN(CCCCCCOC(=O)C(CCCCCC)CCCCCCCC)CCSCCO. The molecular formula is C48H95NO5S. The van der Waals surface area contributed by atoms with E-state index in [1.807, 2.05) is 11.8 Å². The summed E-state index contributed by atoms with van der Waals surface area (Å²) >= 11 is 1.84. The third-order valence-corrected chi connectivity index (χ3v) is 12.2. The molecule has 0 aromatic carbocycles. The molecular weight excluding hydrogens is 703 g/mol. The van der Waals surface area contributed by atoms with E-state index in [0.717, 1.165) is 108 Å². The minimum absolute atomic E-state index is 0.0558. The number of rotatable bonds is 45. The maximum absolute atomic E-state index is 13.0. The fraction of sp³-hybridized carbons (Fsp3) is 0.958. The Labute approximate surface area is 347 Å². The Balaban J connectivity index is 4.42. The average Bonchev–Trinajstić information content (AvgIpc) is 3.19. The number of carbonyl (C=O) groups is 2. The van der Waals surface area contributed by atoms with Crippen LogP contribution < -0.4 is 0 Å². The Morgan fingerprint density at radius 1 is 0.436 bits per heavy atom. The summed E-state index contributed by atoms with van der Waals surface area (Å²) in [6.45, 7) is 13.7. The quantitative estimate of drug-likeness (QED) is 0.0486. The van der Waals surface area contributed by atoms with Crippen molar-refractivity contribution in [3.63, 3.8) is 0 Å². The van der Waals surface area contributed by atoms with Gasteiger partial charge in [0.25, 0.3) is 0 Å². The molecule has 2 atom stereocenters. The zero-order valence-corrected chi connectivity index (χ0v) is 38.2. The molecule has 55 heavy (non-hydrogen) atoms. The molecule has 0 rings (SSSR count). The van der Waals surface area contributed by atoms with Gasteiger partial charge in [-0.05, 0) is 64.5 Å². The van der Waals surface area contributed by atoms with Gasteiger partial charge in [0.15, 0.2) is 0 Å². The topological polar surface area (TPSA) is 76.1 Å². The first-order valence-corrected chi connectivity index (χ1v) is 25.4. The van der Waals surface area contributed by atoms with E-state index in [-0.39, 0.29) is 30.4 Å². The Morgan fingerprint density at radius 2 is 0.764 bits per heavy atom. The van der Waals surface area contributed by atoms with E-state index in [1.165, 1.54) is 128 Å². The first kappa shape index (κ1) is 54.2. The standard InChI is InChI=1S/C48H95NO5S/c1-5-9-13-17-19-27-35-45(33-25-15-11-7-3)47(51)53-41-31-23-21-29-37-49(39-43-55-44-40-50)38-30-22-24-32-42-54-48(52)46(34-26-16-12-8-4)36-28-20-18-14-10-6-2/h45-46,50H,5-44H2,1-4H3. The number of esters is 2. The number of aliphatic hydroxyl groups excluding tert-OH is 1. The van der Waals surface area contributed by atoms with Crippen LogP contribution in [0.3, 0.4) is 0 Å². The van der Waals surface area contributed by atoms with Crippen molar-refractivity contribution < 1.29 is 24.2 Å². The summed E-state index contributed by atoms with van der Waals surface area (Å²) in [5.41, 5.74) is 0. The molecule has 0 aliphatic rings. The number of hydrogen-bond acceptors (Lipinski definition) is 7. The van der Waals surface area contributed by atoms with Crippen LogP contribution in [0.25, 0.3) is 0 Å². The van der Waals surface area contributed by atoms with Crippen LogP contribution in [0.15, 0.2) is 0 Å². The van der Waals surface area contributed by atoms with Crippen molar-refractivity contribution in [3.05, 3.63) is 0 Å². The van der Waals surface area contributed by atoms with Crippen LogP contribution in [-0.4, -0.2) is 72.9 Å². The molecule has 6 nitrogen and oxygen atoms in total. The van der Waals surface area contributed by atoms with Gasteiger partial charge in [0, 0.05) is 18.1 Å². The van der Waals surface area contributed by atoms with Gasteiger partial charge in [-0.25, -0.2) is 0 Å². The highest BCUT2D eigenvalue weighted by Gasteiger charge is 2.20. The summed E-state index contributed by atoms with van der Waals surface area (Å²) in [6.07, 6.45) is 37.7. The number of hydrogen-bond donors (Lipinski definition) is 1. The van der Waals surface area contributed by atoms with Crippen LogP contribution >= 0.6 is 11.8 Å². The predicted molar refractivity (Wildman–Crippen MR) is 240 cm³/mol. The molecule has 0 aromatic rings. The van der Waals surface area contributed by atoms with Crippen molar-refractivity contribution in [2.24, 2.45) is 11.8 Å². The monoisotopic (exact) mass is 798 g/mol. The highest BCUT2D eigenvalue weighted by Crippen LogP contribution is 2.22. The normalized spacial score (nSPS) is 12.7. The van der Waals surface area contributed by atoms with E-state index >= 15 is 0 Å². The van der Waals surface area contributed by atoms with Crippen LogP contribution in [0.1, 0.15) is 233 Å². The summed E-state index contributed by atoms with van der Waals surface area (Å²) < 4.78 is 11.7. The molecule has 0 aliphatic heterocycles. The lowest BCUT2D eigenvalue weighted by Gasteiger charge is -2.22. The maximum atomic E-state index is 13.0. The molecule has 1 N–H and O–H groups in total. The Hall–Kier alpha value is -0.790. The number of ether oxygens (including phenoxy) is 2. The van der Waals surface area contributed by atoms with Crippen LogP contribution in [0, 0.1) is 11.8 Å². The molecule has 0 saturated heterocycles. The average molecular weight is 798 g/mol. The van der Waals surface area contributed by atoms with Crippen molar-refractivity contribution in [1.82, 2.24) is 4.90 Å². The molecule has 0 aliphatic carbocycles. The second-order valence-electron chi connectivity index (χ2n) is 16.5. The van der Waals surface area contributed by atoms with Crippen LogP contribution in [0.5, 0.6) is 0 Å². The summed E-state index contributed by atoms with van der Waals surface area (Å²) in [5.74, 6) is 2.16. The molecule has 0 heterocycles. The van der Waals surface area contributed by atoms with Gasteiger partial charge in [-0.15, -0.1) is 0 Å². The van der Waals surface area contributed by atoms with E-state index in [0.29, 0.717) is 13.2 Å². The molecule has 0 saturated carbocycles. The van der Waals surface area contributed by atoms with Crippen molar-refractivity contribution >= 4 is 23.7 Å². The van der Waals surface area contributed by atoms with Gasteiger partial charge in [-0.3, -0.25) is 9.59 Å². The third kappa shape index (κ3) is 37.2. The molecule has 0 spiro atoms. The van der Waals surface area contributed by atoms with Gasteiger partial charge in [0.2, 0.25) is 0 Å². The van der Waals surface area contributed by atoms with Crippen LogP contribution in [0.2, 0.25) is 0 Å². The summed E-state index contributed by atoms with van der Waals surface area (Å²) in [5, 5.41) is 9.22. The van der Waals surface area contributed by atoms with Gasteiger partial charge < -0.3 is 19.5 Å². The van der Waals surface area contributed by atoms with Crippen molar-refractivity contribution in [2.75, 3.05) is 51.0 Å². The lowest BCUT2D eigenvalue weighted by molar-refractivity contribution is -0.150. The van der Waals surface area contributed by atoms with Crippen molar-refractivity contribution in [3.8, 4) is 0 Å². The predicted octanol–water partition coefficient (Wildman–Crippen LogP) is 13.9. The van der Waals surface area contributed by atoms with E-state index in [9.17, 15) is 14.7 Å². The number of nitrogens with zero attached hydrogens (tertiary/aromatic N) is 1. The second-order valence-corrected chi connectivity index (χ2v) is 17.8. The molecule has 7 heteroatoms. The Morgan fingerprint density at radius 3 is 1.15 bits per heavy atom. The Bertz CT molecular complexity index is 740. The number of carbonyl (C=O) groups excluding carboxylic acids is 2. The summed E-state index contributed by atoms with van der Waals surface area (Å²) in [7, 11) is 0. The van der Waals surface area contributed by atoms with Gasteiger partial charge in [-0.2, -0.15) is 11.8 Å². The van der Waals surface area contributed by atoms with Crippen LogP contribution in [0.4, 0.5) is 0 Å². The smallest absolute Gasteiger partial charge is 0.308 e. The lowest BCUT2D eigenvalue weighted by Crippen LogP contribution is -2.28. The number of thioether (sulfide) groups is 1. The van der Waals surface area contributed by atoms with Crippen molar-refractivity contribution in [2.45, 2.75) is 233 Å². The van der Waals surface area contributed by atoms with E-state index in [1.54, 1.807) is 0 Å². The molecule has 0 radical (unpaired) electrons. The molecule has 0 amide bonds. The summed E-state index contributed by atoms with van der Waals surface area (Å²) in [4.78, 5) is 28.6. The first-order chi connectivity index (χ1) is 27.0. The highest BCUT2D eigenvalue weighted by atomic mass is 32.2. The lowest BCUT2D eigenvalue weighted by atomic mass is 9.94. The maximum Gasteiger partial charge on any atom is 0.308 e. The minimum Gasteiger partial charge on any atom is -0.465 e.